The van der Waals surface area contributed by atoms with Gasteiger partial charge in [0.2, 0.25) is 0 Å². The fraction of sp³-hybridized carbons (Fsp3) is 1.00. The summed E-state index contributed by atoms with van der Waals surface area (Å²) in [5.41, 5.74) is 0. The molecule has 0 unspecified atom stereocenters. The Kier molecular flexibility index (Phi) is 0.754. The van der Waals surface area contributed by atoms with Gasteiger partial charge in [0, 0.05) is 11.0 Å². The van der Waals surface area contributed by atoms with Crippen molar-refractivity contribution in [1.82, 2.24) is 0 Å². The second-order valence-corrected chi connectivity index (χ2v) is 1.81. The molecule has 0 aromatic carbocycles. The van der Waals surface area contributed by atoms with E-state index in [4.69, 9.17) is 11.0 Å². The third-order valence-electron chi connectivity index (χ3n) is 1.09. The highest BCUT2D eigenvalue weighted by Crippen LogP contribution is 2.15. The summed E-state index contributed by atoms with van der Waals surface area (Å²) in [5, 5.41) is 0. The minimum absolute atomic E-state index is 0.0738. The zero-order valence-electron chi connectivity index (χ0n) is 12.8. The van der Waals surface area contributed by atoms with Gasteiger partial charge in [-0.15, -0.1) is 0 Å². The summed E-state index contributed by atoms with van der Waals surface area (Å²) < 4.78 is 60.7. The predicted molar refractivity (Wildman–Crippen MR) is 36.9 cm³/mol. The molecule has 0 bridgehead atoms. The lowest BCUT2D eigenvalue weighted by Gasteiger charge is -2.05. The first-order valence-electron chi connectivity index (χ1n) is 6.96. The summed E-state index contributed by atoms with van der Waals surface area (Å²) in [6, 6.07) is 0. The fourth-order valence-corrected chi connectivity index (χ4v) is 0.640. The van der Waals surface area contributed by atoms with Crippen LogP contribution in [0.1, 0.15) is 62.1 Å². The molecule has 0 nitrogen and oxygen atoms in total. The van der Waals surface area contributed by atoms with Gasteiger partial charge in [-0.2, -0.15) is 0 Å². The van der Waals surface area contributed by atoms with Crippen LogP contribution in [0.15, 0.2) is 0 Å². The van der Waals surface area contributed by atoms with Crippen molar-refractivity contribution in [3.63, 3.8) is 0 Å². The van der Waals surface area contributed by atoms with Gasteiger partial charge >= 0.3 is 0 Å². The molecule has 1 fully saturated rings. The minimum Gasteiger partial charge on any atom is -0.0533 e. The quantitative estimate of drug-likeness (QED) is 0.461. The molecule has 0 aromatic rings. The molecule has 0 amide bonds. The van der Waals surface area contributed by atoms with Gasteiger partial charge in [0.25, 0.3) is 0 Å². The smallest absolute Gasteiger partial charge is 0.0267 e. The molecular formula is C8H16. The van der Waals surface area contributed by atoms with Crippen molar-refractivity contribution in [1.29, 1.82) is 0 Å². The maximum absolute atomic E-state index is 7.60. The van der Waals surface area contributed by atoms with Crippen LogP contribution in [0.25, 0.3) is 0 Å². The molecule has 48 valence electrons. The third-order valence-corrected chi connectivity index (χ3v) is 1.09. The van der Waals surface area contributed by atoms with Gasteiger partial charge in [0.15, 0.2) is 0 Å². The van der Waals surface area contributed by atoms with Crippen molar-refractivity contribution in [2.45, 2.75) is 51.2 Å². The Hall–Kier alpha value is 0. The molecule has 0 spiro atoms. The molecule has 1 aliphatic carbocycles. The lowest BCUT2D eigenvalue weighted by atomic mass is 10.0. The normalized spacial score (nSPS) is 64.0. The van der Waals surface area contributed by atoms with Crippen molar-refractivity contribution in [3.8, 4) is 0 Å². The molecule has 0 aromatic heterocycles. The van der Waals surface area contributed by atoms with Crippen LogP contribution in [0.2, 0.25) is 0 Å². The molecule has 1 aliphatic rings. The van der Waals surface area contributed by atoms with E-state index in [0.717, 1.165) is 0 Å². The van der Waals surface area contributed by atoms with E-state index in [1.807, 2.05) is 0 Å². The highest BCUT2D eigenvalue weighted by molar-refractivity contribution is 4.51. The SMILES string of the molecule is [2H]C1([2H])CCCCC([2H])([2H])C([2H])([2H])C1([2H])[2H]. The largest absolute Gasteiger partial charge is 0.0533 e. The molecule has 0 aliphatic heterocycles. The lowest BCUT2D eigenvalue weighted by molar-refractivity contribution is 0.504. The summed E-state index contributed by atoms with van der Waals surface area (Å²) in [5.74, 6) is 0. The summed E-state index contributed by atoms with van der Waals surface area (Å²) in [6.07, 6.45) is -9.74. The molecule has 0 atom stereocenters. The number of rotatable bonds is 0. The first kappa shape index (κ1) is 1.53. The third kappa shape index (κ3) is 2.34. The average Bonchev–Trinajstić information content (AvgIpc) is 2.10. The van der Waals surface area contributed by atoms with Crippen LogP contribution in [0, 0.1) is 0 Å². The van der Waals surface area contributed by atoms with E-state index < -0.39 is 25.5 Å². The Morgan fingerprint density at radius 1 is 0.625 bits per heavy atom. The van der Waals surface area contributed by atoms with Crippen molar-refractivity contribution in [2.24, 2.45) is 0 Å². The highest BCUT2D eigenvalue weighted by Gasteiger charge is 1.95. The number of hydrogen-bond acceptors (Lipinski definition) is 0. The van der Waals surface area contributed by atoms with Gasteiger partial charge in [-0.05, 0) is 0 Å². The van der Waals surface area contributed by atoms with Crippen molar-refractivity contribution < 1.29 is 11.0 Å². The van der Waals surface area contributed by atoms with E-state index in [-0.39, 0.29) is 12.8 Å². The summed E-state index contributed by atoms with van der Waals surface area (Å²) >= 11 is 0. The Bertz CT molecular complexity index is 241. The highest BCUT2D eigenvalue weighted by atomic mass is 14.0. The van der Waals surface area contributed by atoms with Crippen LogP contribution in [-0.2, 0) is 0 Å². The summed E-state index contributed by atoms with van der Waals surface area (Å²) in [7, 11) is 0. The predicted octanol–water partition coefficient (Wildman–Crippen LogP) is 3.12. The number of hydrogen-bond donors (Lipinski definition) is 0. The maximum Gasteiger partial charge on any atom is 0.0267 e. The van der Waals surface area contributed by atoms with Gasteiger partial charge < -0.3 is 0 Å². The van der Waals surface area contributed by atoms with E-state index in [1.54, 1.807) is 0 Å². The zero-order chi connectivity index (χ0) is 12.8. The molecule has 0 heteroatoms. The van der Waals surface area contributed by atoms with Crippen LogP contribution in [0.4, 0.5) is 0 Å². The van der Waals surface area contributed by atoms with Crippen LogP contribution < -0.4 is 0 Å². The lowest BCUT2D eigenvalue weighted by Crippen LogP contribution is -1.85. The molecule has 0 radical (unpaired) electrons. The van der Waals surface area contributed by atoms with Gasteiger partial charge in [0.1, 0.15) is 0 Å². The standard InChI is InChI=1S/C8H16/c1-2-4-6-8-7-5-3-1/h1-8H2/i1D2,2D2,3D2,4D2. The van der Waals surface area contributed by atoms with E-state index >= 15 is 0 Å². The molecule has 1 saturated carbocycles. The summed E-state index contributed by atoms with van der Waals surface area (Å²) in [6.45, 7) is 0. The van der Waals surface area contributed by atoms with E-state index in [2.05, 4.69) is 0 Å². The van der Waals surface area contributed by atoms with Gasteiger partial charge in [-0.1, -0.05) is 51.2 Å². The molecule has 1 rings (SSSR count). The summed E-state index contributed by atoms with van der Waals surface area (Å²) in [4.78, 5) is 0. The Morgan fingerprint density at radius 3 is 1.62 bits per heavy atom. The molecule has 0 saturated heterocycles. The van der Waals surface area contributed by atoms with Gasteiger partial charge in [-0.3, -0.25) is 0 Å². The van der Waals surface area contributed by atoms with Crippen LogP contribution in [0.5, 0.6) is 0 Å². The van der Waals surface area contributed by atoms with E-state index in [9.17, 15) is 0 Å². The van der Waals surface area contributed by atoms with Crippen LogP contribution in [-0.4, -0.2) is 0 Å². The van der Waals surface area contributed by atoms with E-state index in [1.165, 1.54) is 0 Å². The molecule has 0 N–H and O–H groups in total. The molecule has 8 heavy (non-hydrogen) atoms. The fourth-order valence-electron chi connectivity index (χ4n) is 0.640. The van der Waals surface area contributed by atoms with Crippen molar-refractivity contribution in [2.75, 3.05) is 0 Å². The Labute approximate surface area is 63.5 Å². The Balaban J connectivity index is 3.23. The zero-order valence-corrected chi connectivity index (χ0v) is 4.83. The van der Waals surface area contributed by atoms with Crippen molar-refractivity contribution >= 4 is 0 Å². The van der Waals surface area contributed by atoms with Crippen molar-refractivity contribution in [3.05, 3.63) is 0 Å². The van der Waals surface area contributed by atoms with E-state index in [0.29, 0.717) is 12.8 Å². The molecule has 0 heterocycles. The Morgan fingerprint density at radius 2 is 1.12 bits per heavy atom. The van der Waals surface area contributed by atoms with Crippen LogP contribution >= 0.6 is 0 Å². The monoisotopic (exact) mass is 120 g/mol. The maximum atomic E-state index is 7.60. The second kappa shape index (κ2) is 3.94. The van der Waals surface area contributed by atoms with Gasteiger partial charge in [-0.25, -0.2) is 0 Å². The minimum atomic E-state index is -2.83. The average molecular weight is 120 g/mol. The second-order valence-electron chi connectivity index (χ2n) is 1.81. The first-order valence-corrected chi connectivity index (χ1v) is 2.96. The van der Waals surface area contributed by atoms with Gasteiger partial charge in [0.05, 0.1) is 0 Å². The molecular weight excluding hydrogens is 96.1 g/mol. The first-order chi connectivity index (χ1) is 6.96. The topological polar surface area (TPSA) is 0 Å². The van der Waals surface area contributed by atoms with Crippen LogP contribution in [0.3, 0.4) is 0 Å².